The lowest BCUT2D eigenvalue weighted by Crippen LogP contribution is -2.39. The van der Waals surface area contributed by atoms with Gasteiger partial charge < -0.3 is 14.8 Å². The number of aromatic nitrogens is 1. The summed E-state index contributed by atoms with van der Waals surface area (Å²) in [5, 5.41) is 6.60. The van der Waals surface area contributed by atoms with Crippen molar-refractivity contribution in [2.24, 2.45) is 0 Å². The predicted molar refractivity (Wildman–Crippen MR) is 128 cm³/mol. The number of methoxy groups -OCH3 is 2. The molecule has 4 rings (SSSR count). The van der Waals surface area contributed by atoms with Crippen molar-refractivity contribution in [2.75, 3.05) is 20.8 Å². The van der Waals surface area contributed by atoms with Crippen LogP contribution in [0.4, 0.5) is 0 Å². The molecule has 1 saturated carbocycles. The quantitative estimate of drug-likeness (QED) is 0.462. The highest BCUT2D eigenvalue weighted by Crippen LogP contribution is 2.43. The van der Waals surface area contributed by atoms with Gasteiger partial charge in [0.15, 0.2) is 11.5 Å². The smallest absolute Gasteiger partial charge is 0.270 e. The van der Waals surface area contributed by atoms with Gasteiger partial charge in [-0.15, -0.1) is 11.3 Å². The second-order valence-corrected chi connectivity index (χ2v) is 9.55. The molecule has 1 aromatic heterocycles. The summed E-state index contributed by atoms with van der Waals surface area (Å²) in [6.45, 7) is 0.575. The molecule has 0 spiro atoms. The highest BCUT2D eigenvalue weighted by molar-refractivity contribution is 7.09. The fourth-order valence-electron chi connectivity index (χ4n) is 4.40. The molecule has 0 radical (unpaired) electrons. The molecular weight excluding hydrogens is 444 g/mol. The summed E-state index contributed by atoms with van der Waals surface area (Å²) in [6, 6.07) is 13.8. The molecule has 1 aliphatic carbocycles. The van der Waals surface area contributed by atoms with E-state index < -0.39 is 0 Å². The Hall–Kier alpha value is -2.57. The van der Waals surface area contributed by atoms with Gasteiger partial charge >= 0.3 is 0 Å². The third-order valence-corrected chi connectivity index (χ3v) is 7.30. The number of ether oxygens (including phenoxy) is 2. The molecule has 168 valence electrons. The summed E-state index contributed by atoms with van der Waals surface area (Å²) in [7, 11) is 3.28. The van der Waals surface area contributed by atoms with Crippen LogP contribution in [0.2, 0.25) is 5.02 Å². The number of benzene rings is 2. The molecule has 1 heterocycles. The number of hydrogen-bond acceptors (Lipinski definition) is 5. The fourth-order valence-corrected chi connectivity index (χ4v) is 5.33. The summed E-state index contributed by atoms with van der Waals surface area (Å²) in [6.07, 6.45) is 5.03. The number of carbonyl (C=O) groups excluding carboxylic acids is 1. The van der Waals surface area contributed by atoms with Gasteiger partial charge in [-0.3, -0.25) is 4.79 Å². The first-order valence-corrected chi connectivity index (χ1v) is 12.0. The van der Waals surface area contributed by atoms with Gasteiger partial charge in [0.05, 0.1) is 19.2 Å². The van der Waals surface area contributed by atoms with Gasteiger partial charge in [-0.05, 0) is 48.2 Å². The monoisotopic (exact) mass is 470 g/mol. The molecule has 1 N–H and O–H groups in total. The van der Waals surface area contributed by atoms with Gasteiger partial charge in [0, 0.05) is 28.8 Å². The van der Waals surface area contributed by atoms with Crippen molar-refractivity contribution < 1.29 is 14.3 Å². The Balaban J connectivity index is 1.45. The third kappa shape index (κ3) is 4.92. The number of carbonyl (C=O) groups is 1. The molecule has 0 aliphatic heterocycles. The number of thiazole rings is 1. The van der Waals surface area contributed by atoms with Crippen LogP contribution in [0, 0.1) is 0 Å². The van der Waals surface area contributed by atoms with Crippen LogP contribution in [-0.2, 0) is 11.8 Å². The van der Waals surface area contributed by atoms with Crippen LogP contribution >= 0.6 is 22.9 Å². The second-order valence-electron chi connectivity index (χ2n) is 8.17. The zero-order valence-electron chi connectivity index (χ0n) is 18.3. The topological polar surface area (TPSA) is 60.5 Å². The van der Waals surface area contributed by atoms with E-state index in [-0.39, 0.29) is 11.3 Å². The Morgan fingerprint density at radius 2 is 1.81 bits per heavy atom. The maximum Gasteiger partial charge on any atom is 0.270 e. The summed E-state index contributed by atoms with van der Waals surface area (Å²) in [5.41, 5.74) is 2.67. The first kappa shape index (κ1) is 22.6. The Kier molecular flexibility index (Phi) is 7.01. The molecule has 32 heavy (non-hydrogen) atoms. The summed E-state index contributed by atoms with van der Waals surface area (Å²) in [4.78, 5) is 17.4. The average molecular weight is 471 g/mol. The highest BCUT2D eigenvalue weighted by atomic mass is 35.5. The van der Waals surface area contributed by atoms with Gasteiger partial charge in [-0.25, -0.2) is 4.98 Å². The first-order valence-electron chi connectivity index (χ1n) is 10.7. The SMILES string of the molecule is COc1ccc(C2(CNC(=O)c3csc(Cc4ccc(Cl)cc4)n3)CCCC2)cc1OC. The van der Waals surface area contributed by atoms with Gasteiger partial charge in [-0.1, -0.05) is 42.6 Å². The first-order chi connectivity index (χ1) is 15.5. The Labute approximate surface area is 197 Å². The zero-order chi connectivity index (χ0) is 22.6. The van der Waals surface area contributed by atoms with E-state index in [2.05, 4.69) is 16.4 Å². The minimum absolute atomic E-state index is 0.0998. The predicted octanol–water partition coefficient (Wildman–Crippen LogP) is 5.65. The van der Waals surface area contributed by atoms with Crippen LogP contribution in [0.5, 0.6) is 11.5 Å². The molecule has 0 unspecified atom stereocenters. The largest absolute Gasteiger partial charge is 0.493 e. The van der Waals surface area contributed by atoms with Gasteiger partial charge in [-0.2, -0.15) is 0 Å². The lowest BCUT2D eigenvalue weighted by atomic mass is 9.78. The number of hydrogen-bond donors (Lipinski definition) is 1. The molecular formula is C25H27ClN2O3S. The second kappa shape index (κ2) is 9.92. The van der Waals surface area contributed by atoms with E-state index in [9.17, 15) is 4.79 Å². The average Bonchev–Trinajstić information content (AvgIpc) is 3.49. The molecule has 1 fully saturated rings. The third-order valence-electron chi connectivity index (χ3n) is 6.20. The van der Waals surface area contributed by atoms with E-state index in [0.717, 1.165) is 36.3 Å². The number of nitrogens with one attached hydrogen (secondary N) is 1. The van der Waals surface area contributed by atoms with Crippen molar-refractivity contribution in [2.45, 2.75) is 37.5 Å². The maximum absolute atomic E-state index is 12.9. The Morgan fingerprint density at radius 1 is 1.09 bits per heavy atom. The minimum Gasteiger partial charge on any atom is -0.493 e. The van der Waals surface area contributed by atoms with Gasteiger partial charge in [0.25, 0.3) is 5.91 Å². The molecule has 2 aromatic carbocycles. The van der Waals surface area contributed by atoms with Crippen molar-refractivity contribution in [1.29, 1.82) is 0 Å². The summed E-state index contributed by atoms with van der Waals surface area (Å²) in [5.74, 6) is 1.30. The maximum atomic E-state index is 12.9. The van der Waals surface area contributed by atoms with E-state index in [4.69, 9.17) is 21.1 Å². The van der Waals surface area contributed by atoms with Crippen LogP contribution in [0.1, 0.15) is 52.3 Å². The van der Waals surface area contributed by atoms with Crippen molar-refractivity contribution in [3.05, 3.63) is 74.7 Å². The van der Waals surface area contributed by atoms with Crippen molar-refractivity contribution in [1.82, 2.24) is 10.3 Å². The molecule has 1 amide bonds. The minimum atomic E-state index is -0.129. The van der Waals surface area contributed by atoms with E-state index in [1.54, 1.807) is 14.2 Å². The number of rotatable bonds is 8. The van der Waals surface area contributed by atoms with Crippen LogP contribution < -0.4 is 14.8 Å². The molecule has 7 heteroatoms. The molecule has 0 bridgehead atoms. The van der Waals surface area contributed by atoms with Gasteiger partial charge in [0.2, 0.25) is 0 Å². The van der Waals surface area contributed by atoms with Crippen LogP contribution in [0.3, 0.4) is 0 Å². The zero-order valence-corrected chi connectivity index (χ0v) is 19.9. The van der Waals surface area contributed by atoms with Gasteiger partial charge in [0.1, 0.15) is 5.69 Å². The van der Waals surface area contributed by atoms with Crippen LogP contribution in [-0.4, -0.2) is 31.7 Å². The lowest BCUT2D eigenvalue weighted by Gasteiger charge is -2.30. The Bertz CT molecular complexity index is 1080. The van der Waals surface area contributed by atoms with E-state index in [1.807, 2.05) is 41.8 Å². The fraction of sp³-hybridized carbons (Fsp3) is 0.360. The standard InChI is InChI=1S/C25H27ClN2O3S/c1-30-21-10-7-18(14-22(21)31-2)25(11-3-4-12-25)16-27-24(29)20-15-32-23(28-20)13-17-5-8-19(26)9-6-17/h5-10,14-15H,3-4,11-13,16H2,1-2H3,(H,27,29). The number of halogens is 1. The summed E-state index contributed by atoms with van der Waals surface area (Å²) < 4.78 is 10.9. The van der Waals surface area contributed by atoms with Crippen molar-refractivity contribution in [3.8, 4) is 11.5 Å². The van der Waals surface area contributed by atoms with E-state index >= 15 is 0 Å². The van der Waals surface area contributed by atoms with E-state index in [0.29, 0.717) is 35.2 Å². The lowest BCUT2D eigenvalue weighted by molar-refractivity contribution is 0.0938. The number of amides is 1. The molecule has 0 atom stereocenters. The van der Waals surface area contributed by atoms with E-state index in [1.165, 1.54) is 16.9 Å². The van der Waals surface area contributed by atoms with Crippen LogP contribution in [0.25, 0.3) is 0 Å². The summed E-state index contributed by atoms with van der Waals surface area (Å²) >= 11 is 7.46. The molecule has 5 nitrogen and oxygen atoms in total. The molecule has 3 aromatic rings. The van der Waals surface area contributed by atoms with Crippen LogP contribution in [0.15, 0.2) is 47.8 Å². The normalized spacial score (nSPS) is 14.8. The Morgan fingerprint density at radius 3 is 2.50 bits per heavy atom. The van der Waals surface area contributed by atoms with Crippen molar-refractivity contribution >= 4 is 28.8 Å². The molecule has 0 saturated heterocycles. The van der Waals surface area contributed by atoms with Crippen molar-refractivity contribution in [3.63, 3.8) is 0 Å². The highest BCUT2D eigenvalue weighted by Gasteiger charge is 2.36. The number of nitrogens with zero attached hydrogens (tertiary/aromatic N) is 1. The molecule has 1 aliphatic rings.